The maximum absolute atomic E-state index is 12.8. The highest BCUT2D eigenvalue weighted by Gasteiger charge is 2.50. The van der Waals surface area contributed by atoms with Gasteiger partial charge in [0, 0.05) is 0 Å². The van der Waals surface area contributed by atoms with Gasteiger partial charge in [0.1, 0.15) is 12.1 Å². The average molecular weight is 364 g/mol. The van der Waals surface area contributed by atoms with E-state index >= 15 is 0 Å². The molecule has 25 heavy (non-hydrogen) atoms. The molecular formula is C18H22ClN3O3. The van der Waals surface area contributed by atoms with Crippen molar-refractivity contribution in [2.24, 2.45) is 0 Å². The first kappa shape index (κ1) is 17.7. The van der Waals surface area contributed by atoms with Gasteiger partial charge in [-0.25, -0.2) is 4.79 Å². The van der Waals surface area contributed by atoms with Crippen LogP contribution in [0.25, 0.3) is 0 Å². The summed E-state index contributed by atoms with van der Waals surface area (Å²) in [6.45, 7) is -0.308. The van der Waals surface area contributed by atoms with Gasteiger partial charge >= 0.3 is 6.03 Å². The highest BCUT2D eigenvalue weighted by Crippen LogP contribution is 2.32. The van der Waals surface area contributed by atoms with Crippen molar-refractivity contribution in [3.8, 4) is 0 Å². The van der Waals surface area contributed by atoms with Crippen LogP contribution in [0.1, 0.15) is 44.9 Å². The maximum atomic E-state index is 12.8. The van der Waals surface area contributed by atoms with Crippen LogP contribution in [0.2, 0.25) is 5.02 Å². The Labute approximate surface area is 151 Å². The van der Waals surface area contributed by atoms with Gasteiger partial charge in [0.15, 0.2) is 0 Å². The smallest absolute Gasteiger partial charge is 0.323 e. The Balaban J connectivity index is 1.68. The molecule has 6 nitrogen and oxygen atoms in total. The maximum Gasteiger partial charge on any atom is 0.325 e. The lowest BCUT2D eigenvalue weighted by atomic mass is 9.84. The van der Waals surface area contributed by atoms with E-state index in [2.05, 4.69) is 10.6 Å². The van der Waals surface area contributed by atoms with Crippen LogP contribution in [0.15, 0.2) is 24.3 Å². The van der Waals surface area contributed by atoms with E-state index in [0.29, 0.717) is 23.6 Å². The molecule has 0 bridgehead atoms. The summed E-state index contributed by atoms with van der Waals surface area (Å²) >= 11 is 6.02. The molecule has 7 heteroatoms. The van der Waals surface area contributed by atoms with Crippen LogP contribution < -0.4 is 10.6 Å². The standard InChI is InChI=1S/C18H22ClN3O3/c19-13-8-4-5-9-14(13)20-15(23)12-22-16(24)18(21-17(22)25)10-6-2-1-3-7-11-18/h4-5,8-9H,1-3,6-7,10-12H2,(H,20,23)(H,21,25). The molecule has 1 aromatic rings. The first-order chi connectivity index (χ1) is 12.0. The molecule has 1 aliphatic carbocycles. The minimum Gasteiger partial charge on any atom is -0.323 e. The molecule has 1 aromatic carbocycles. The van der Waals surface area contributed by atoms with Crippen LogP contribution in [-0.2, 0) is 9.59 Å². The zero-order chi connectivity index (χ0) is 17.9. The number of urea groups is 1. The minimum atomic E-state index is -0.831. The fourth-order valence-electron chi connectivity index (χ4n) is 3.56. The van der Waals surface area contributed by atoms with Crippen LogP contribution in [0.5, 0.6) is 0 Å². The lowest BCUT2D eigenvalue weighted by Gasteiger charge is -2.28. The number of rotatable bonds is 3. The van der Waals surface area contributed by atoms with Gasteiger partial charge in [-0.2, -0.15) is 0 Å². The van der Waals surface area contributed by atoms with Gasteiger partial charge in [-0.15, -0.1) is 0 Å². The molecule has 2 aliphatic rings. The number of amides is 4. The number of carbonyl (C=O) groups is 3. The van der Waals surface area contributed by atoms with Crippen molar-refractivity contribution in [1.82, 2.24) is 10.2 Å². The number of hydrogen-bond acceptors (Lipinski definition) is 3. The number of para-hydroxylation sites is 1. The molecule has 4 amide bonds. The zero-order valence-corrected chi connectivity index (χ0v) is 14.8. The SMILES string of the molecule is O=C(CN1C(=O)NC2(CCCCCCC2)C1=O)Nc1ccccc1Cl. The molecule has 0 atom stereocenters. The van der Waals surface area contributed by atoms with E-state index in [4.69, 9.17) is 11.6 Å². The number of nitrogens with zero attached hydrogens (tertiary/aromatic N) is 1. The van der Waals surface area contributed by atoms with Crippen molar-refractivity contribution in [1.29, 1.82) is 0 Å². The van der Waals surface area contributed by atoms with Crippen molar-refractivity contribution in [2.45, 2.75) is 50.5 Å². The summed E-state index contributed by atoms with van der Waals surface area (Å²) in [5.41, 5.74) is -0.371. The van der Waals surface area contributed by atoms with Crippen LogP contribution in [0, 0.1) is 0 Å². The molecule has 1 aliphatic heterocycles. The van der Waals surface area contributed by atoms with E-state index in [0.717, 1.165) is 30.6 Å². The predicted molar refractivity (Wildman–Crippen MR) is 95.4 cm³/mol. The molecule has 1 heterocycles. The molecule has 134 valence electrons. The number of nitrogens with one attached hydrogen (secondary N) is 2. The fourth-order valence-corrected chi connectivity index (χ4v) is 3.75. The Bertz CT molecular complexity index is 684. The molecule has 2 fully saturated rings. The van der Waals surface area contributed by atoms with Crippen molar-refractivity contribution < 1.29 is 14.4 Å². The van der Waals surface area contributed by atoms with Crippen molar-refractivity contribution in [2.75, 3.05) is 11.9 Å². The van der Waals surface area contributed by atoms with Gasteiger partial charge in [0.2, 0.25) is 5.91 Å². The van der Waals surface area contributed by atoms with Crippen LogP contribution in [0.4, 0.5) is 10.5 Å². The topological polar surface area (TPSA) is 78.5 Å². The molecule has 0 radical (unpaired) electrons. The normalized spacial score (nSPS) is 20.1. The summed E-state index contributed by atoms with van der Waals surface area (Å²) in [4.78, 5) is 38.4. The monoisotopic (exact) mass is 363 g/mol. The third-order valence-electron chi connectivity index (χ3n) is 4.90. The van der Waals surface area contributed by atoms with Crippen molar-refractivity contribution >= 4 is 35.1 Å². The number of imide groups is 1. The van der Waals surface area contributed by atoms with Gasteiger partial charge in [-0.1, -0.05) is 55.8 Å². The Kier molecular flexibility index (Phi) is 5.27. The van der Waals surface area contributed by atoms with Crippen LogP contribution in [0.3, 0.4) is 0 Å². The molecule has 1 saturated carbocycles. The summed E-state index contributed by atoms with van der Waals surface area (Å²) < 4.78 is 0. The zero-order valence-electron chi connectivity index (χ0n) is 14.0. The molecule has 0 unspecified atom stereocenters. The number of carbonyl (C=O) groups excluding carboxylic acids is 3. The van der Waals surface area contributed by atoms with Gasteiger partial charge in [0.05, 0.1) is 10.7 Å². The van der Waals surface area contributed by atoms with E-state index in [1.807, 2.05) is 0 Å². The van der Waals surface area contributed by atoms with Crippen LogP contribution in [-0.4, -0.2) is 34.8 Å². The third-order valence-corrected chi connectivity index (χ3v) is 5.23. The first-order valence-electron chi connectivity index (χ1n) is 8.70. The van der Waals surface area contributed by atoms with Gasteiger partial charge in [-0.05, 0) is 25.0 Å². The minimum absolute atomic E-state index is 0.284. The Morgan fingerprint density at radius 1 is 1.12 bits per heavy atom. The summed E-state index contributed by atoms with van der Waals surface area (Å²) in [6, 6.07) is 6.35. The molecule has 1 saturated heterocycles. The number of benzene rings is 1. The van der Waals surface area contributed by atoms with Gasteiger partial charge < -0.3 is 10.6 Å². The molecule has 2 N–H and O–H groups in total. The van der Waals surface area contributed by atoms with E-state index in [-0.39, 0.29) is 12.5 Å². The number of halogens is 1. The fraction of sp³-hybridized carbons (Fsp3) is 0.500. The quantitative estimate of drug-likeness (QED) is 0.808. The Morgan fingerprint density at radius 3 is 2.44 bits per heavy atom. The van der Waals surface area contributed by atoms with Crippen molar-refractivity contribution in [3.63, 3.8) is 0 Å². The molecule has 3 rings (SSSR count). The molecule has 1 spiro atoms. The number of anilines is 1. The third kappa shape index (κ3) is 3.79. The summed E-state index contributed by atoms with van der Waals surface area (Å²) in [5.74, 6) is -0.729. The average Bonchev–Trinajstić information content (AvgIpc) is 2.78. The Hall–Kier alpha value is -2.08. The Morgan fingerprint density at radius 2 is 1.76 bits per heavy atom. The van der Waals surface area contributed by atoms with Gasteiger partial charge in [0.25, 0.3) is 5.91 Å². The first-order valence-corrected chi connectivity index (χ1v) is 9.08. The largest absolute Gasteiger partial charge is 0.325 e. The van der Waals surface area contributed by atoms with Gasteiger partial charge in [-0.3, -0.25) is 14.5 Å². The summed E-state index contributed by atoms with van der Waals surface area (Å²) in [7, 11) is 0. The molecular weight excluding hydrogens is 342 g/mol. The predicted octanol–water partition coefficient (Wildman–Crippen LogP) is 3.31. The van der Waals surface area contributed by atoms with E-state index in [1.54, 1.807) is 24.3 Å². The summed E-state index contributed by atoms with van der Waals surface area (Å²) in [5, 5.41) is 5.90. The van der Waals surface area contributed by atoms with Crippen molar-refractivity contribution in [3.05, 3.63) is 29.3 Å². The number of hydrogen-bond donors (Lipinski definition) is 2. The van der Waals surface area contributed by atoms with E-state index < -0.39 is 17.5 Å². The van der Waals surface area contributed by atoms with E-state index in [9.17, 15) is 14.4 Å². The van der Waals surface area contributed by atoms with E-state index in [1.165, 1.54) is 6.42 Å². The lowest BCUT2D eigenvalue weighted by molar-refractivity contribution is -0.134. The highest BCUT2D eigenvalue weighted by atomic mass is 35.5. The second kappa shape index (κ2) is 7.44. The summed E-state index contributed by atoms with van der Waals surface area (Å²) in [6.07, 6.45) is 6.40. The lowest BCUT2D eigenvalue weighted by Crippen LogP contribution is -2.47. The second-order valence-corrected chi connectivity index (χ2v) is 7.11. The second-order valence-electron chi connectivity index (χ2n) is 6.70. The van der Waals surface area contributed by atoms with Crippen LogP contribution >= 0.6 is 11.6 Å². The highest BCUT2D eigenvalue weighted by molar-refractivity contribution is 6.33. The molecule has 0 aromatic heterocycles.